The third kappa shape index (κ3) is 2.35. The standard InChI is InChI=1S/C10H10FN/c1-8-3-2-4-9(5-8)6-10(11)7-12/h2-5,10H,6H2,1H3. The van der Waals surface area contributed by atoms with Gasteiger partial charge in [-0.25, -0.2) is 4.39 Å². The van der Waals surface area contributed by atoms with E-state index in [4.69, 9.17) is 5.26 Å². The highest BCUT2D eigenvalue weighted by Crippen LogP contribution is 2.07. The molecule has 1 aromatic carbocycles. The number of rotatable bonds is 2. The molecular formula is C10H10FN. The highest BCUT2D eigenvalue weighted by molar-refractivity contribution is 5.23. The van der Waals surface area contributed by atoms with Crippen molar-refractivity contribution in [2.24, 2.45) is 0 Å². The lowest BCUT2D eigenvalue weighted by molar-refractivity contribution is 0.407. The molecule has 1 unspecified atom stereocenters. The van der Waals surface area contributed by atoms with Crippen molar-refractivity contribution >= 4 is 0 Å². The number of nitrogens with zero attached hydrogens (tertiary/aromatic N) is 1. The Hall–Kier alpha value is -1.36. The van der Waals surface area contributed by atoms with Gasteiger partial charge in [0.15, 0.2) is 6.17 Å². The lowest BCUT2D eigenvalue weighted by Gasteiger charge is -2.00. The average Bonchev–Trinajstić information content (AvgIpc) is 2.04. The number of benzene rings is 1. The van der Waals surface area contributed by atoms with Gasteiger partial charge in [-0.3, -0.25) is 0 Å². The largest absolute Gasteiger partial charge is 0.231 e. The first-order valence-corrected chi connectivity index (χ1v) is 3.81. The van der Waals surface area contributed by atoms with Crippen molar-refractivity contribution in [3.8, 4) is 6.07 Å². The van der Waals surface area contributed by atoms with Crippen molar-refractivity contribution in [2.75, 3.05) is 0 Å². The third-order valence-electron chi connectivity index (χ3n) is 1.64. The molecule has 0 bridgehead atoms. The van der Waals surface area contributed by atoms with Crippen molar-refractivity contribution < 1.29 is 4.39 Å². The molecule has 0 amide bonds. The molecule has 0 aliphatic heterocycles. The van der Waals surface area contributed by atoms with Gasteiger partial charge < -0.3 is 0 Å². The van der Waals surface area contributed by atoms with Crippen LogP contribution in [0.15, 0.2) is 24.3 Å². The quantitative estimate of drug-likeness (QED) is 0.656. The molecule has 2 heteroatoms. The Bertz CT molecular complexity index is 301. The Morgan fingerprint density at radius 1 is 1.58 bits per heavy atom. The second-order valence-electron chi connectivity index (χ2n) is 2.79. The van der Waals surface area contributed by atoms with Crippen LogP contribution in [-0.4, -0.2) is 6.17 Å². The van der Waals surface area contributed by atoms with Gasteiger partial charge in [0.1, 0.15) is 6.07 Å². The van der Waals surface area contributed by atoms with Crippen LogP contribution >= 0.6 is 0 Å². The van der Waals surface area contributed by atoms with E-state index < -0.39 is 6.17 Å². The van der Waals surface area contributed by atoms with Gasteiger partial charge in [-0.1, -0.05) is 29.8 Å². The molecule has 0 aliphatic rings. The van der Waals surface area contributed by atoms with Gasteiger partial charge in [0, 0.05) is 6.42 Å². The van der Waals surface area contributed by atoms with Crippen LogP contribution in [0.4, 0.5) is 4.39 Å². The van der Waals surface area contributed by atoms with Gasteiger partial charge in [-0.05, 0) is 12.5 Å². The molecule has 1 aromatic rings. The minimum Gasteiger partial charge on any atom is -0.231 e. The van der Waals surface area contributed by atoms with Gasteiger partial charge in [-0.15, -0.1) is 0 Å². The number of hydrogen-bond acceptors (Lipinski definition) is 1. The molecule has 12 heavy (non-hydrogen) atoms. The summed E-state index contributed by atoms with van der Waals surface area (Å²) in [6.07, 6.45) is -1.19. The Morgan fingerprint density at radius 3 is 2.92 bits per heavy atom. The first-order chi connectivity index (χ1) is 5.72. The van der Waals surface area contributed by atoms with E-state index in [0.29, 0.717) is 0 Å². The molecule has 0 saturated carbocycles. The summed E-state index contributed by atoms with van der Waals surface area (Å²) in [5, 5.41) is 8.24. The maximum Gasteiger partial charge on any atom is 0.190 e. The monoisotopic (exact) mass is 163 g/mol. The summed E-state index contributed by atoms with van der Waals surface area (Å²) in [6, 6.07) is 9.11. The summed E-state index contributed by atoms with van der Waals surface area (Å²) in [5.41, 5.74) is 1.97. The van der Waals surface area contributed by atoms with Crippen LogP contribution in [0.3, 0.4) is 0 Å². The normalized spacial score (nSPS) is 12.1. The van der Waals surface area contributed by atoms with Gasteiger partial charge in [-0.2, -0.15) is 5.26 Å². The number of aryl methyl sites for hydroxylation is 1. The fourth-order valence-electron chi connectivity index (χ4n) is 1.09. The Kier molecular flexibility index (Phi) is 2.82. The molecular weight excluding hydrogens is 153 g/mol. The second-order valence-corrected chi connectivity index (χ2v) is 2.79. The molecule has 0 fully saturated rings. The summed E-state index contributed by atoms with van der Waals surface area (Å²) in [5.74, 6) is 0. The maximum absolute atomic E-state index is 12.6. The van der Waals surface area contributed by atoms with Crippen LogP contribution in [0.25, 0.3) is 0 Å². The minimum absolute atomic E-state index is 0.193. The summed E-state index contributed by atoms with van der Waals surface area (Å²) in [7, 11) is 0. The molecule has 1 nitrogen and oxygen atoms in total. The first kappa shape index (κ1) is 8.73. The fraction of sp³-hybridized carbons (Fsp3) is 0.300. The molecule has 0 spiro atoms. The Labute approximate surface area is 71.4 Å². The van der Waals surface area contributed by atoms with E-state index >= 15 is 0 Å². The number of hydrogen-bond donors (Lipinski definition) is 0. The molecule has 0 aliphatic carbocycles. The van der Waals surface area contributed by atoms with Crippen LogP contribution in [-0.2, 0) is 6.42 Å². The predicted molar refractivity (Wildman–Crippen MR) is 45.4 cm³/mol. The molecule has 0 heterocycles. The smallest absolute Gasteiger partial charge is 0.190 e. The van der Waals surface area contributed by atoms with Gasteiger partial charge in [0.25, 0.3) is 0 Å². The van der Waals surface area contributed by atoms with E-state index in [-0.39, 0.29) is 6.42 Å². The van der Waals surface area contributed by atoms with E-state index in [9.17, 15) is 4.39 Å². The molecule has 0 saturated heterocycles. The lowest BCUT2D eigenvalue weighted by Crippen LogP contribution is -2.00. The maximum atomic E-state index is 12.6. The van der Waals surface area contributed by atoms with E-state index in [1.54, 1.807) is 6.07 Å². The molecule has 1 rings (SSSR count). The molecule has 0 aromatic heterocycles. The summed E-state index contributed by atoms with van der Waals surface area (Å²) < 4.78 is 12.6. The summed E-state index contributed by atoms with van der Waals surface area (Å²) >= 11 is 0. The topological polar surface area (TPSA) is 23.8 Å². The van der Waals surface area contributed by atoms with Gasteiger partial charge in [0.2, 0.25) is 0 Å². The number of halogens is 1. The zero-order valence-corrected chi connectivity index (χ0v) is 6.92. The molecule has 0 N–H and O–H groups in total. The van der Waals surface area contributed by atoms with Crippen LogP contribution in [0.5, 0.6) is 0 Å². The van der Waals surface area contributed by atoms with Crippen LogP contribution < -0.4 is 0 Å². The van der Waals surface area contributed by atoms with E-state index in [2.05, 4.69) is 0 Å². The third-order valence-corrected chi connectivity index (χ3v) is 1.64. The van der Waals surface area contributed by atoms with E-state index in [1.807, 2.05) is 31.2 Å². The van der Waals surface area contributed by atoms with Crippen molar-refractivity contribution in [3.05, 3.63) is 35.4 Å². The Morgan fingerprint density at radius 2 is 2.33 bits per heavy atom. The lowest BCUT2D eigenvalue weighted by atomic mass is 10.1. The fourth-order valence-corrected chi connectivity index (χ4v) is 1.09. The molecule has 1 atom stereocenters. The summed E-state index contributed by atoms with van der Waals surface area (Å²) in [4.78, 5) is 0. The van der Waals surface area contributed by atoms with Crippen molar-refractivity contribution in [1.82, 2.24) is 0 Å². The van der Waals surface area contributed by atoms with E-state index in [1.165, 1.54) is 0 Å². The zero-order chi connectivity index (χ0) is 8.97. The Balaban J connectivity index is 2.71. The highest BCUT2D eigenvalue weighted by Gasteiger charge is 2.04. The van der Waals surface area contributed by atoms with Crippen molar-refractivity contribution in [2.45, 2.75) is 19.5 Å². The molecule has 0 radical (unpaired) electrons. The number of alkyl halides is 1. The van der Waals surface area contributed by atoms with Crippen molar-refractivity contribution in [3.63, 3.8) is 0 Å². The SMILES string of the molecule is Cc1cccc(CC(F)C#N)c1. The second kappa shape index (κ2) is 3.87. The average molecular weight is 163 g/mol. The van der Waals surface area contributed by atoms with Gasteiger partial charge >= 0.3 is 0 Å². The minimum atomic E-state index is -1.38. The first-order valence-electron chi connectivity index (χ1n) is 3.81. The van der Waals surface area contributed by atoms with Crippen LogP contribution in [0.2, 0.25) is 0 Å². The van der Waals surface area contributed by atoms with Crippen LogP contribution in [0.1, 0.15) is 11.1 Å². The zero-order valence-electron chi connectivity index (χ0n) is 6.92. The highest BCUT2D eigenvalue weighted by atomic mass is 19.1. The van der Waals surface area contributed by atoms with Crippen LogP contribution in [0, 0.1) is 18.3 Å². The van der Waals surface area contributed by atoms with E-state index in [0.717, 1.165) is 11.1 Å². The van der Waals surface area contributed by atoms with Gasteiger partial charge in [0.05, 0.1) is 0 Å². The molecule has 62 valence electrons. The predicted octanol–water partition coefficient (Wildman–Crippen LogP) is 2.40. The summed E-state index contributed by atoms with van der Waals surface area (Å²) in [6.45, 7) is 1.95. The van der Waals surface area contributed by atoms with Crippen molar-refractivity contribution in [1.29, 1.82) is 5.26 Å². The number of nitriles is 1.